The molecule has 26 heavy (non-hydrogen) atoms. The van der Waals surface area contributed by atoms with Gasteiger partial charge in [-0.05, 0) is 36.9 Å². The average Bonchev–Trinajstić information content (AvgIpc) is 2.62. The summed E-state index contributed by atoms with van der Waals surface area (Å²) >= 11 is 0. The van der Waals surface area contributed by atoms with Crippen molar-refractivity contribution in [3.63, 3.8) is 0 Å². The van der Waals surface area contributed by atoms with Crippen LogP contribution >= 0.6 is 0 Å². The number of nitrogens with one attached hydrogen (secondary N) is 1. The standard InChI is InChI=1S/C19H23N3O3S/c1-15(23)20-17-8-10-18(11-9-17)26(24,25)22-13-12-21(2)14-19(22)16-6-4-3-5-7-16/h3-11,19H,12-14H2,1-2H3,(H,20,23)/t19-/m1/s1. The van der Waals surface area contributed by atoms with Crippen LogP contribution in [0.25, 0.3) is 0 Å². The Kier molecular flexibility index (Phi) is 5.41. The highest BCUT2D eigenvalue weighted by atomic mass is 32.2. The topological polar surface area (TPSA) is 69.7 Å². The first-order valence-corrected chi connectivity index (χ1v) is 9.95. The van der Waals surface area contributed by atoms with Crippen LogP contribution in [0, 0.1) is 0 Å². The molecule has 1 aliphatic rings. The maximum atomic E-state index is 13.2. The molecule has 0 unspecified atom stereocenters. The fraction of sp³-hybridized carbons (Fsp3) is 0.316. The van der Waals surface area contributed by atoms with E-state index < -0.39 is 10.0 Å². The van der Waals surface area contributed by atoms with Crippen molar-refractivity contribution in [2.45, 2.75) is 17.9 Å². The highest BCUT2D eigenvalue weighted by Gasteiger charge is 2.35. The van der Waals surface area contributed by atoms with E-state index in [-0.39, 0.29) is 16.8 Å². The summed E-state index contributed by atoms with van der Waals surface area (Å²) in [7, 11) is -1.63. The number of likely N-dealkylation sites (N-methyl/N-ethyl adjacent to an activating group) is 1. The van der Waals surface area contributed by atoms with E-state index >= 15 is 0 Å². The van der Waals surface area contributed by atoms with E-state index in [0.29, 0.717) is 25.3 Å². The third-order valence-corrected chi connectivity index (χ3v) is 6.42. The van der Waals surface area contributed by atoms with E-state index in [9.17, 15) is 13.2 Å². The molecule has 6 nitrogen and oxygen atoms in total. The van der Waals surface area contributed by atoms with Crippen LogP contribution in [0.1, 0.15) is 18.5 Å². The van der Waals surface area contributed by atoms with Crippen molar-refractivity contribution in [2.24, 2.45) is 0 Å². The molecule has 3 rings (SSSR count). The second kappa shape index (κ2) is 7.57. The van der Waals surface area contributed by atoms with Gasteiger partial charge in [0.05, 0.1) is 10.9 Å². The lowest BCUT2D eigenvalue weighted by Crippen LogP contribution is -2.49. The molecular weight excluding hydrogens is 350 g/mol. The Bertz CT molecular complexity index is 867. The lowest BCUT2D eigenvalue weighted by Gasteiger charge is -2.39. The van der Waals surface area contributed by atoms with Crippen LogP contribution in [-0.4, -0.2) is 50.2 Å². The van der Waals surface area contributed by atoms with E-state index in [1.807, 2.05) is 37.4 Å². The molecule has 0 spiro atoms. The van der Waals surface area contributed by atoms with Gasteiger partial charge < -0.3 is 10.2 Å². The summed E-state index contributed by atoms with van der Waals surface area (Å²) < 4.78 is 28.0. The number of anilines is 1. The summed E-state index contributed by atoms with van der Waals surface area (Å²) in [5.74, 6) is -0.191. The SMILES string of the molecule is CC(=O)Nc1ccc(S(=O)(=O)N2CCN(C)C[C@@H]2c2ccccc2)cc1. The van der Waals surface area contributed by atoms with Crippen molar-refractivity contribution in [1.29, 1.82) is 0 Å². The van der Waals surface area contributed by atoms with Crippen LogP contribution in [0.4, 0.5) is 5.69 Å². The summed E-state index contributed by atoms with van der Waals surface area (Å²) in [5, 5.41) is 2.65. The number of carbonyl (C=O) groups excluding carboxylic acids is 1. The summed E-state index contributed by atoms with van der Waals surface area (Å²) in [6.07, 6.45) is 0. The average molecular weight is 373 g/mol. The van der Waals surface area contributed by atoms with E-state index in [0.717, 1.165) is 5.56 Å². The van der Waals surface area contributed by atoms with Gasteiger partial charge in [0.15, 0.2) is 0 Å². The van der Waals surface area contributed by atoms with E-state index in [1.54, 1.807) is 28.6 Å². The molecule has 1 fully saturated rings. The number of hydrogen-bond acceptors (Lipinski definition) is 4. The highest BCUT2D eigenvalue weighted by molar-refractivity contribution is 7.89. The molecule has 1 heterocycles. The highest BCUT2D eigenvalue weighted by Crippen LogP contribution is 2.31. The van der Waals surface area contributed by atoms with Gasteiger partial charge in [-0.2, -0.15) is 4.31 Å². The van der Waals surface area contributed by atoms with Gasteiger partial charge in [0.1, 0.15) is 0 Å². The van der Waals surface area contributed by atoms with Crippen LogP contribution in [0.15, 0.2) is 59.5 Å². The lowest BCUT2D eigenvalue weighted by molar-refractivity contribution is -0.114. The zero-order chi connectivity index (χ0) is 18.7. The first kappa shape index (κ1) is 18.6. The molecule has 2 aromatic carbocycles. The Labute approximate surface area is 154 Å². The Morgan fingerprint density at radius 1 is 1.04 bits per heavy atom. The zero-order valence-corrected chi connectivity index (χ0v) is 15.7. The fourth-order valence-corrected chi connectivity index (χ4v) is 4.78. The molecule has 0 aromatic heterocycles. The summed E-state index contributed by atoms with van der Waals surface area (Å²) in [6.45, 7) is 3.19. The van der Waals surface area contributed by atoms with Crippen LogP contribution in [0.3, 0.4) is 0 Å². The Morgan fingerprint density at radius 3 is 2.31 bits per heavy atom. The fourth-order valence-electron chi connectivity index (χ4n) is 3.19. The number of sulfonamides is 1. The minimum Gasteiger partial charge on any atom is -0.326 e. The third kappa shape index (κ3) is 3.95. The first-order chi connectivity index (χ1) is 12.4. The van der Waals surface area contributed by atoms with Crippen molar-refractivity contribution in [1.82, 2.24) is 9.21 Å². The molecule has 2 aromatic rings. The Morgan fingerprint density at radius 2 is 1.69 bits per heavy atom. The van der Waals surface area contributed by atoms with Gasteiger partial charge in [0.2, 0.25) is 15.9 Å². The van der Waals surface area contributed by atoms with E-state index in [2.05, 4.69) is 10.2 Å². The minimum atomic E-state index is -3.63. The van der Waals surface area contributed by atoms with Crippen LogP contribution in [0.2, 0.25) is 0 Å². The molecule has 1 atom stereocenters. The first-order valence-electron chi connectivity index (χ1n) is 8.51. The van der Waals surface area contributed by atoms with Crippen molar-refractivity contribution in [2.75, 3.05) is 32.0 Å². The van der Waals surface area contributed by atoms with Gasteiger partial charge in [0, 0.05) is 32.2 Å². The number of carbonyl (C=O) groups is 1. The van der Waals surface area contributed by atoms with Gasteiger partial charge in [0.25, 0.3) is 0 Å². The van der Waals surface area contributed by atoms with Crippen molar-refractivity contribution in [3.8, 4) is 0 Å². The second-order valence-corrected chi connectivity index (χ2v) is 8.40. The van der Waals surface area contributed by atoms with Crippen LogP contribution in [-0.2, 0) is 14.8 Å². The molecule has 0 aliphatic carbocycles. The van der Waals surface area contributed by atoms with Crippen molar-refractivity contribution in [3.05, 3.63) is 60.2 Å². The molecule has 7 heteroatoms. The molecule has 0 saturated carbocycles. The third-order valence-electron chi connectivity index (χ3n) is 4.50. The Balaban J connectivity index is 1.92. The summed E-state index contributed by atoms with van der Waals surface area (Å²) in [4.78, 5) is 13.5. The van der Waals surface area contributed by atoms with Crippen molar-refractivity contribution >= 4 is 21.6 Å². The molecule has 1 saturated heterocycles. The molecular formula is C19H23N3O3S. The molecule has 1 aliphatic heterocycles. The molecule has 0 bridgehead atoms. The van der Waals surface area contributed by atoms with E-state index in [1.165, 1.54) is 6.92 Å². The molecule has 138 valence electrons. The number of hydrogen-bond donors (Lipinski definition) is 1. The smallest absolute Gasteiger partial charge is 0.243 e. The Hall–Kier alpha value is -2.22. The molecule has 0 radical (unpaired) electrons. The molecule has 1 amide bonds. The normalized spacial score (nSPS) is 19.2. The number of benzene rings is 2. The maximum absolute atomic E-state index is 13.2. The van der Waals surface area contributed by atoms with Crippen LogP contribution < -0.4 is 5.32 Å². The minimum absolute atomic E-state index is 0.191. The molecule has 1 N–H and O–H groups in total. The van der Waals surface area contributed by atoms with Crippen molar-refractivity contribution < 1.29 is 13.2 Å². The number of amides is 1. The van der Waals surface area contributed by atoms with E-state index in [4.69, 9.17) is 0 Å². The maximum Gasteiger partial charge on any atom is 0.243 e. The van der Waals surface area contributed by atoms with Gasteiger partial charge in [-0.15, -0.1) is 0 Å². The van der Waals surface area contributed by atoms with Gasteiger partial charge in [-0.25, -0.2) is 8.42 Å². The number of piperazine rings is 1. The number of rotatable bonds is 4. The predicted octanol–water partition coefficient (Wildman–Crippen LogP) is 2.32. The quantitative estimate of drug-likeness (QED) is 0.893. The van der Waals surface area contributed by atoms with Gasteiger partial charge in [-0.3, -0.25) is 4.79 Å². The summed E-state index contributed by atoms with van der Waals surface area (Å²) in [5.41, 5.74) is 1.56. The number of nitrogens with zero attached hydrogens (tertiary/aromatic N) is 2. The predicted molar refractivity (Wildman–Crippen MR) is 101 cm³/mol. The zero-order valence-electron chi connectivity index (χ0n) is 14.9. The monoisotopic (exact) mass is 373 g/mol. The van der Waals surface area contributed by atoms with Gasteiger partial charge in [-0.1, -0.05) is 30.3 Å². The summed E-state index contributed by atoms with van der Waals surface area (Å²) in [6, 6.07) is 15.8. The van der Waals surface area contributed by atoms with Crippen LogP contribution in [0.5, 0.6) is 0 Å². The lowest BCUT2D eigenvalue weighted by atomic mass is 10.1. The van der Waals surface area contributed by atoms with Gasteiger partial charge >= 0.3 is 0 Å². The second-order valence-electron chi connectivity index (χ2n) is 6.51. The largest absolute Gasteiger partial charge is 0.326 e.